The maximum absolute atomic E-state index is 10.6. The van der Waals surface area contributed by atoms with Gasteiger partial charge >= 0.3 is 0 Å². The average molecular weight is 339 g/mol. The van der Waals surface area contributed by atoms with Gasteiger partial charge in [0.15, 0.2) is 0 Å². The second kappa shape index (κ2) is 6.61. The van der Waals surface area contributed by atoms with Crippen molar-refractivity contribution in [1.29, 1.82) is 0 Å². The van der Waals surface area contributed by atoms with Crippen molar-refractivity contribution in [2.45, 2.75) is 32.4 Å². The molecule has 132 valence electrons. The number of hydrogen-bond acceptors (Lipinski definition) is 4. The molecule has 1 saturated heterocycles. The molecule has 1 aliphatic heterocycles. The van der Waals surface area contributed by atoms with Gasteiger partial charge in [-0.3, -0.25) is 4.90 Å². The molecule has 6 heteroatoms. The van der Waals surface area contributed by atoms with Crippen LogP contribution in [0.5, 0.6) is 0 Å². The molecule has 0 spiro atoms. The number of piperidine rings is 1. The minimum Gasteiger partial charge on any atom is -0.385 e. The van der Waals surface area contributed by atoms with E-state index in [1.165, 1.54) is 11.3 Å². The second-order valence-electron chi connectivity index (χ2n) is 7.09. The first-order valence-electron chi connectivity index (χ1n) is 8.92. The summed E-state index contributed by atoms with van der Waals surface area (Å²) in [7, 11) is 1.94. The van der Waals surface area contributed by atoms with Crippen LogP contribution in [0.3, 0.4) is 0 Å². The highest BCUT2D eigenvalue weighted by atomic mass is 16.3. The molecule has 6 nitrogen and oxygen atoms in total. The molecule has 0 aromatic carbocycles. The molecule has 1 fully saturated rings. The average Bonchev–Trinajstić information content (AvgIpc) is 3.22. The Labute approximate surface area is 147 Å². The van der Waals surface area contributed by atoms with Crippen molar-refractivity contribution in [1.82, 2.24) is 23.8 Å². The molecular weight excluding hydrogens is 314 g/mol. The maximum Gasteiger partial charge on any atom is 0.139 e. The lowest BCUT2D eigenvalue weighted by molar-refractivity contribution is 0.0488. The molecule has 3 aromatic rings. The fourth-order valence-corrected chi connectivity index (χ4v) is 3.85. The summed E-state index contributed by atoms with van der Waals surface area (Å²) in [5, 5.41) is 10.6. The fourth-order valence-electron chi connectivity index (χ4n) is 3.85. The third-order valence-corrected chi connectivity index (χ3v) is 5.39. The number of rotatable bonds is 4. The second-order valence-corrected chi connectivity index (χ2v) is 7.09. The van der Waals surface area contributed by atoms with Gasteiger partial charge in [0.1, 0.15) is 17.6 Å². The number of imidazole rings is 2. The van der Waals surface area contributed by atoms with Gasteiger partial charge in [0.2, 0.25) is 0 Å². The van der Waals surface area contributed by atoms with Crippen LogP contribution in [0.2, 0.25) is 0 Å². The van der Waals surface area contributed by atoms with Gasteiger partial charge in [0.05, 0.1) is 11.9 Å². The van der Waals surface area contributed by atoms with Gasteiger partial charge in [-0.2, -0.15) is 0 Å². The van der Waals surface area contributed by atoms with E-state index in [0.29, 0.717) is 0 Å². The van der Waals surface area contributed by atoms with Crippen LogP contribution in [-0.4, -0.2) is 42.0 Å². The molecule has 25 heavy (non-hydrogen) atoms. The number of aromatic nitrogens is 4. The van der Waals surface area contributed by atoms with Crippen LogP contribution in [0.4, 0.5) is 0 Å². The zero-order valence-corrected chi connectivity index (χ0v) is 14.8. The van der Waals surface area contributed by atoms with Gasteiger partial charge in [0.25, 0.3) is 0 Å². The number of pyridine rings is 1. The van der Waals surface area contributed by atoms with Crippen molar-refractivity contribution in [3.63, 3.8) is 0 Å². The van der Waals surface area contributed by atoms with Crippen LogP contribution in [-0.2, 0) is 13.6 Å². The minimum atomic E-state index is -0.472. The van der Waals surface area contributed by atoms with Crippen LogP contribution in [0, 0.1) is 12.8 Å². The topological polar surface area (TPSA) is 58.6 Å². The highest BCUT2D eigenvalue weighted by molar-refractivity contribution is 5.48. The van der Waals surface area contributed by atoms with Gasteiger partial charge in [0, 0.05) is 32.2 Å². The summed E-state index contributed by atoms with van der Waals surface area (Å²) in [5.41, 5.74) is 3.46. The lowest BCUT2D eigenvalue weighted by Gasteiger charge is -2.33. The Morgan fingerprint density at radius 1 is 1.24 bits per heavy atom. The Morgan fingerprint density at radius 2 is 2.04 bits per heavy atom. The zero-order chi connectivity index (χ0) is 17.4. The van der Waals surface area contributed by atoms with Gasteiger partial charge in [-0.05, 0) is 50.4 Å². The molecule has 0 aliphatic carbocycles. The van der Waals surface area contributed by atoms with Crippen molar-refractivity contribution in [3.8, 4) is 0 Å². The third kappa shape index (κ3) is 3.07. The normalized spacial score (nSPS) is 18.0. The third-order valence-electron chi connectivity index (χ3n) is 5.39. The first-order valence-corrected chi connectivity index (χ1v) is 8.92. The van der Waals surface area contributed by atoms with Gasteiger partial charge in [-0.15, -0.1) is 0 Å². The van der Waals surface area contributed by atoms with Crippen LogP contribution in [0.25, 0.3) is 5.65 Å². The summed E-state index contributed by atoms with van der Waals surface area (Å²) in [5.74, 6) is 1.05. The van der Waals surface area contributed by atoms with Gasteiger partial charge in [-0.1, -0.05) is 6.07 Å². The molecule has 0 amide bonds. The van der Waals surface area contributed by atoms with Crippen LogP contribution in [0.15, 0.2) is 36.9 Å². The fraction of sp³-hybridized carbons (Fsp3) is 0.474. The predicted molar refractivity (Wildman–Crippen MR) is 96.1 cm³/mol. The van der Waals surface area contributed by atoms with Crippen LogP contribution >= 0.6 is 0 Å². The van der Waals surface area contributed by atoms with E-state index in [1.54, 1.807) is 6.20 Å². The lowest BCUT2D eigenvalue weighted by Crippen LogP contribution is -2.35. The molecule has 1 unspecified atom stereocenters. The van der Waals surface area contributed by atoms with Crippen molar-refractivity contribution in [2.24, 2.45) is 13.0 Å². The Bertz CT molecular complexity index is 860. The summed E-state index contributed by atoms with van der Waals surface area (Å²) in [6.07, 6.45) is 9.22. The Balaban J connectivity index is 1.40. The van der Waals surface area contributed by atoms with Crippen molar-refractivity contribution < 1.29 is 5.11 Å². The summed E-state index contributed by atoms with van der Waals surface area (Å²) in [6.45, 7) is 4.98. The van der Waals surface area contributed by atoms with E-state index in [1.807, 2.05) is 24.0 Å². The lowest BCUT2D eigenvalue weighted by atomic mass is 9.90. The Hall–Kier alpha value is -2.18. The Kier molecular flexibility index (Phi) is 4.31. The molecule has 3 aromatic heterocycles. The summed E-state index contributed by atoms with van der Waals surface area (Å²) in [6, 6.07) is 4.17. The predicted octanol–water partition coefficient (Wildman–Crippen LogP) is 2.32. The number of aliphatic hydroxyl groups excluding tert-OH is 1. The number of likely N-dealkylation sites (tertiary alicyclic amines) is 1. The molecule has 1 N–H and O–H groups in total. The number of hydrogen-bond donors (Lipinski definition) is 1. The maximum atomic E-state index is 10.6. The van der Waals surface area contributed by atoms with Crippen molar-refractivity contribution >= 4 is 5.65 Å². The Morgan fingerprint density at radius 3 is 2.76 bits per heavy atom. The van der Waals surface area contributed by atoms with E-state index >= 15 is 0 Å². The van der Waals surface area contributed by atoms with Crippen LogP contribution in [0.1, 0.15) is 36.0 Å². The monoisotopic (exact) mass is 339 g/mol. The van der Waals surface area contributed by atoms with E-state index < -0.39 is 6.10 Å². The number of fused-ring (bicyclic) bond motifs is 1. The number of nitrogens with zero attached hydrogens (tertiary/aromatic N) is 5. The first kappa shape index (κ1) is 16.3. The highest BCUT2D eigenvalue weighted by Crippen LogP contribution is 2.30. The molecule has 1 atom stereocenters. The van der Waals surface area contributed by atoms with Gasteiger partial charge in [-0.25, -0.2) is 9.97 Å². The van der Waals surface area contributed by atoms with E-state index in [0.717, 1.165) is 43.9 Å². The zero-order valence-electron chi connectivity index (χ0n) is 14.8. The quantitative estimate of drug-likeness (QED) is 0.792. The smallest absolute Gasteiger partial charge is 0.139 e. The summed E-state index contributed by atoms with van der Waals surface area (Å²) >= 11 is 0. The molecule has 4 heterocycles. The molecule has 0 radical (unpaired) electrons. The van der Waals surface area contributed by atoms with Crippen molar-refractivity contribution in [2.75, 3.05) is 13.1 Å². The SMILES string of the molecule is Cc1cccn2c(CN3CCC(C(O)c4nccn4C)CC3)cnc12. The van der Waals surface area contributed by atoms with Crippen LogP contribution < -0.4 is 0 Å². The molecular formula is C19H25N5O. The molecule has 0 saturated carbocycles. The number of aryl methyl sites for hydroxylation is 2. The van der Waals surface area contributed by atoms with Crippen molar-refractivity contribution in [3.05, 3.63) is 54.0 Å². The molecule has 4 rings (SSSR count). The van der Waals surface area contributed by atoms with E-state index in [4.69, 9.17) is 0 Å². The largest absolute Gasteiger partial charge is 0.385 e. The standard InChI is InChI=1S/C19H25N5O/c1-14-4-3-8-24-16(12-21-18(14)24)13-23-9-5-15(6-10-23)17(25)19-20-7-11-22(19)2/h3-4,7-8,11-12,15,17,25H,5-6,9-10,13H2,1-2H3. The van der Waals surface area contributed by atoms with E-state index in [9.17, 15) is 5.11 Å². The highest BCUT2D eigenvalue weighted by Gasteiger charge is 2.28. The minimum absolute atomic E-state index is 0.279. The summed E-state index contributed by atoms with van der Waals surface area (Å²) in [4.78, 5) is 11.3. The van der Waals surface area contributed by atoms with E-state index in [2.05, 4.69) is 44.5 Å². The first-order chi connectivity index (χ1) is 12.1. The number of aliphatic hydroxyl groups is 1. The van der Waals surface area contributed by atoms with E-state index in [-0.39, 0.29) is 5.92 Å². The molecule has 0 bridgehead atoms. The molecule has 1 aliphatic rings. The van der Waals surface area contributed by atoms with Gasteiger partial charge < -0.3 is 14.1 Å². The summed E-state index contributed by atoms with van der Waals surface area (Å²) < 4.78 is 4.10.